The molecule has 4 heteroatoms. The van der Waals surface area contributed by atoms with Crippen LogP contribution in [0.5, 0.6) is 0 Å². The van der Waals surface area contributed by atoms with Crippen molar-refractivity contribution in [2.24, 2.45) is 5.16 Å². The number of hydrogen-bond donors (Lipinski definition) is 0. The summed E-state index contributed by atoms with van der Waals surface area (Å²) in [6.45, 7) is 0.241. The first kappa shape index (κ1) is 16.8. The van der Waals surface area contributed by atoms with Gasteiger partial charge in [0, 0.05) is 11.1 Å². The second kappa shape index (κ2) is 8.20. The summed E-state index contributed by atoms with van der Waals surface area (Å²) in [5, 5.41) is 3.70. The van der Waals surface area contributed by atoms with Crippen molar-refractivity contribution >= 4 is 6.21 Å². The Morgan fingerprint density at radius 3 is 2.36 bits per heavy atom. The van der Waals surface area contributed by atoms with Gasteiger partial charge < -0.3 is 4.84 Å². The second-order valence-electron chi connectivity index (χ2n) is 5.43. The van der Waals surface area contributed by atoms with E-state index in [0.717, 1.165) is 16.7 Å². The number of nitrogens with zero attached hydrogens (tertiary/aromatic N) is 1. The molecule has 0 aromatic heterocycles. The highest BCUT2D eigenvalue weighted by molar-refractivity contribution is 5.81. The van der Waals surface area contributed by atoms with Crippen molar-refractivity contribution in [3.8, 4) is 11.1 Å². The zero-order valence-electron chi connectivity index (χ0n) is 13.4. The van der Waals surface area contributed by atoms with Crippen LogP contribution in [0.1, 0.15) is 23.1 Å². The van der Waals surface area contributed by atoms with Crippen molar-refractivity contribution in [3.05, 3.63) is 95.6 Å². The number of halogens is 2. The molecule has 0 spiro atoms. The fourth-order valence-corrected chi connectivity index (χ4v) is 2.45. The van der Waals surface area contributed by atoms with Crippen LogP contribution < -0.4 is 0 Å². The fourth-order valence-electron chi connectivity index (χ4n) is 2.45. The maximum atomic E-state index is 12.9. The zero-order valence-corrected chi connectivity index (χ0v) is 13.4. The Labute approximate surface area is 145 Å². The van der Waals surface area contributed by atoms with Crippen LogP contribution in [-0.2, 0) is 11.4 Å². The third-order valence-corrected chi connectivity index (χ3v) is 3.69. The lowest BCUT2D eigenvalue weighted by molar-refractivity contribution is 0.132. The number of hydrogen-bond acceptors (Lipinski definition) is 2. The van der Waals surface area contributed by atoms with Crippen molar-refractivity contribution < 1.29 is 13.6 Å². The molecule has 0 aliphatic rings. The van der Waals surface area contributed by atoms with Gasteiger partial charge in [-0.3, -0.25) is 0 Å². The Hall–Kier alpha value is -3.01. The molecule has 0 bridgehead atoms. The summed E-state index contributed by atoms with van der Waals surface area (Å²) in [5.41, 5.74) is 3.26. The Balaban J connectivity index is 1.65. The summed E-state index contributed by atoms with van der Waals surface area (Å²) in [4.78, 5) is 5.22. The number of rotatable bonds is 6. The predicted molar refractivity (Wildman–Crippen MR) is 94.6 cm³/mol. The molecule has 0 atom stereocenters. The van der Waals surface area contributed by atoms with E-state index in [-0.39, 0.29) is 17.7 Å². The van der Waals surface area contributed by atoms with E-state index in [1.54, 1.807) is 12.1 Å². The van der Waals surface area contributed by atoms with Crippen LogP contribution in [0.3, 0.4) is 0 Å². The molecular weight excluding hydrogens is 320 g/mol. The Kier molecular flexibility index (Phi) is 5.52. The topological polar surface area (TPSA) is 21.6 Å². The van der Waals surface area contributed by atoms with Crippen molar-refractivity contribution in [2.45, 2.75) is 13.0 Å². The molecule has 0 unspecified atom stereocenters. The number of benzene rings is 3. The molecule has 0 amide bonds. The van der Waals surface area contributed by atoms with Crippen LogP contribution in [0.2, 0.25) is 0 Å². The molecule has 0 saturated carbocycles. The van der Waals surface area contributed by atoms with Crippen molar-refractivity contribution in [1.29, 1.82) is 0 Å². The lowest BCUT2D eigenvalue weighted by atomic mass is 10.0. The Morgan fingerprint density at radius 1 is 0.840 bits per heavy atom. The van der Waals surface area contributed by atoms with E-state index in [2.05, 4.69) is 11.4 Å². The van der Waals surface area contributed by atoms with E-state index in [0.29, 0.717) is 0 Å². The molecule has 0 heterocycles. The first-order valence-corrected chi connectivity index (χ1v) is 7.83. The molecule has 3 rings (SSSR count). The summed E-state index contributed by atoms with van der Waals surface area (Å²) < 4.78 is 25.8. The fraction of sp³-hybridized carbons (Fsp3) is 0.0952. The van der Waals surface area contributed by atoms with Gasteiger partial charge in [0.15, 0.2) is 0 Å². The van der Waals surface area contributed by atoms with Crippen LogP contribution in [0.25, 0.3) is 11.1 Å². The Bertz CT molecular complexity index is 847. The van der Waals surface area contributed by atoms with Gasteiger partial charge in [0.2, 0.25) is 0 Å². The molecular formula is C21H16F2NO. The third-order valence-electron chi connectivity index (χ3n) is 3.69. The highest BCUT2D eigenvalue weighted by Crippen LogP contribution is 2.22. The molecule has 125 valence electrons. The smallest absolute Gasteiger partial charge is 0.264 e. The molecule has 3 aromatic rings. The zero-order chi connectivity index (χ0) is 17.5. The van der Waals surface area contributed by atoms with Gasteiger partial charge in [-0.05, 0) is 22.8 Å². The molecule has 25 heavy (non-hydrogen) atoms. The molecule has 0 N–H and O–H groups in total. The predicted octanol–water partition coefficient (Wildman–Crippen LogP) is 5.72. The van der Waals surface area contributed by atoms with Gasteiger partial charge in [0.1, 0.15) is 12.8 Å². The lowest BCUT2D eigenvalue weighted by Crippen LogP contribution is -1.94. The minimum absolute atomic E-state index is 0.110. The third kappa shape index (κ3) is 4.51. The molecule has 0 aliphatic carbocycles. The van der Waals surface area contributed by atoms with E-state index >= 15 is 0 Å². The largest absolute Gasteiger partial charge is 0.390 e. The normalized spacial score (nSPS) is 11.2. The van der Waals surface area contributed by atoms with Crippen LogP contribution in [0, 0.1) is 0 Å². The van der Waals surface area contributed by atoms with Gasteiger partial charge in [0.05, 0.1) is 0 Å². The van der Waals surface area contributed by atoms with E-state index < -0.39 is 6.43 Å². The standard InChI is InChI=1S/C21H16F2NO/c22-21(23)20-12-5-4-10-19(20)14-24-25-15-16-7-6-11-18(13-16)17-8-2-1-3-9-17/h1-13,21H,15H2. The minimum Gasteiger partial charge on any atom is -0.390 e. The number of alkyl halides is 2. The first-order valence-electron chi connectivity index (χ1n) is 7.83. The molecule has 0 aliphatic heterocycles. The van der Waals surface area contributed by atoms with Gasteiger partial charge >= 0.3 is 0 Å². The SMILES string of the molecule is FC(F)c1ccccc1/[C]=N\OCc1cccc(-c2ccccc2)c1. The summed E-state index contributed by atoms with van der Waals surface area (Å²) >= 11 is 0. The van der Waals surface area contributed by atoms with Crippen molar-refractivity contribution in [3.63, 3.8) is 0 Å². The van der Waals surface area contributed by atoms with E-state index in [4.69, 9.17) is 4.84 Å². The second-order valence-corrected chi connectivity index (χ2v) is 5.43. The van der Waals surface area contributed by atoms with Crippen LogP contribution >= 0.6 is 0 Å². The highest BCUT2D eigenvalue weighted by Gasteiger charge is 2.10. The van der Waals surface area contributed by atoms with E-state index in [1.807, 2.05) is 54.6 Å². The first-order chi connectivity index (χ1) is 12.2. The van der Waals surface area contributed by atoms with Gasteiger partial charge in [-0.15, -0.1) is 0 Å². The van der Waals surface area contributed by atoms with E-state index in [9.17, 15) is 8.78 Å². The van der Waals surface area contributed by atoms with E-state index in [1.165, 1.54) is 12.1 Å². The average Bonchev–Trinajstić information content (AvgIpc) is 2.66. The summed E-state index contributed by atoms with van der Waals surface area (Å²) in [5.74, 6) is 0. The molecule has 0 fully saturated rings. The molecule has 2 nitrogen and oxygen atoms in total. The maximum absolute atomic E-state index is 12.9. The minimum atomic E-state index is -2.57. The lowest BCUT2D eigenvalue weighted by Gasteiger charge is -2.05. The van der Waals surface area contributed by atoms with Gasteiger partial charge in [0.25, 0.3) is 6.43 Å². The quantitative estimate of drug-likeness (QED) is 0.417. The molecule has 0 saturated heterocycles. The Morgan fingerprint density at radius 2 is 1.56 bits per heavy atom. The average molecular weight is 336 g/mol. The van der Waals surface area contributed by atoms with Gasteiger partial charge in [-0.25, -0.2) is 8.78 Å². The van der Waals surface area contributed by atoms with Crippen molar-refractivity contribution in [1.82, 2.24) is 0 Å². The highest BCUT2D eigenvalue weighted by atomic mass is 19.3. The van der Waals surface area contributed by atoms with Crippen molar-refractivity contribution in [2.75, 3.05) is 0 Å². The van der Waals surface area contributed by atoms with Crippen LogP contribution in [-0.4, -0.2) is 6.21 Å². The van der Waals surface area contributed by atoms with Crippen LogP contribution in [0.4, 0.5) is 8.78 Å². The van der Waals surface area contributed by atoms with Gasteiger partial charge in [-0.2, -0.15) is 0 Å². The molecule has 1 radical (unpaired) electrons. The molecule has 3 aromatic carbocycles. The van der Waals surface area contributed by atoms with Gasteiger partial charge in [-0.1, -0.05) is 78.0 Å². The summed E-state index contributed by atoms with van der Waals surface area (Å²) in [6, 6.07) is 24.0. The maximum Gasteiger partial charge on any atom is 0.264 e. The summed E-state index contributed by atoms with van der Waals surface area (Å²) in [7, 11) is 0. The van der Waals surface area contributed by atoms with Crippen LogP contribution in [0.15, 0.2) is 84.0 Å². The monoisotopic (exact) mass is 336 g/mol. The summed E-state index contributed by atoms with van der Waals surface area (Å²) in [6.07, 6.45) is -0.0342.